The number of carbonyl (C=O) groups is 2. The molecule has 1 atom stereocenters. The van der Waals surface area contributed by atoms with Crippen molar-refractivity contribution in [2.75, 3.05) is 24.5 Å². The number of fused-ring (bicyclic) bond motifs is 1. The van der Waals surface area contributed by atoms with Gasteiger partial charge in [-0.05, 0) is 69.1 Å². The number of carboxylic acids is 1. The summed E-state index contributed by atoms with van der Waals surface area (Å²) < 4.78 is 29.9. The normalized spacial score (nSPS) is 19.9. The van der Waals surface area contributed by atoms with Gasteiger partial charge in [-0.15, -0.1) is 0 Å². The van der Waals surface area contributed by atoms with Gasteiger partial charge in [0.1, 0.15) is 17.2 Å². The smallest absolute Gasteiger partial charge is 0.329 e. The lowest BCUT2D eigenvalue weighted by Crippen LogP contribution is -2.59. The third kappa shape index (κ3) is 3.87. The minimum atomic E-state index is -1.33. The Kier molecular flexibility index (Phi) is 5.68. The van der Waals surface area contributed by atoms with Gasteiger partial charge in [0.05, 0.1) is 23.3 Å². The average Bonchev–Trinajstić information content (AvgIpc) is 3.48. The van der Waals surface area contributed by atoms with Crippen molar-refractivity contribution in [2.24, 2.45) is 0 Å². The Morgan fingerprint density at radius 1 is 1.18 bits per heavy atom. The minimum absolute atomic E-state index is 0.258. The van der Waals surface area contributed by atoms with E-state index in [1.165, 1.54) is 12.3 Å². The van der Waals surface area contributed by atoms with E-state index in [-0.39, 0.29) is 24.4 Å². The maximum Gasteiger partial charge on any atom is 0.329 e. The molecule has 0 aliphatic carbocycles. The number of nitrogens with zero attached hydrogens (tertiary/aromatic N) is 3. The highest BCUT2D eigenvalue weighted by Crippen LogP contribution is 2.38. The van der Waals surface area contributed by atoms with Gasteiger partial charge in [0.15, 0.2) is 0 Å². The molecule has 0 unspecified atom stereocenters. The zero-order valence-corrected chi connectivity index (χ0v) is 18.4. The minimum Gasteiger partial charge on any atom is -0.480 e. The Balaban J connectivity index is 1.47. The summed E-state index contributed by atoms with van der Waals surface area (Å²) in [7, 11) is 0. The number of halogens is 2. The van der Waals surface area contributed by atoms with Gasteiger partial charge in [0.2, 0.25) is 0 Å². The van der Waals surface area contributed by atoms with Gasteiger partial charge in [-0.1, -0.05) is 0 Å². The van der Waals surface area contributed by atoms with E-state index in [1.54, 1.807) is 16.8 Å². The van der Waals surface area contributed by atoms with E-state index in [1.807, 2.05) is 11.0 Å². The predicted octanol–water partition coefficient (Wildman–Crippen LogP) is 2.89. The molecule has 5 rings (SSSR count). The first-order valence-corrected chi connectivity index (χ1v) is 11.3. The fraction of sp³-hybridized carbons (Fsp3) is 0.375. The third-order valence-electron chi connectivity index (χ3n) is 6.87. The van der Waals surface area contributed by atoms with Crippen LogP contribution in [0.4, 0.5) is 14.5 Å². The molecule has 2 aliphatic rings. The van der Waals surface area contributed by atoms with Crippen LogP contribution in [0.5, 0.6) is 0 Å². The average molecular weight is 469 g/mol. The van der Waals surface area contributed by atoms with Crippen molar-refractivity contribution in [3.63, 3.8) is 0 Å². The Hall–Kier alpha value is -3.53. The highest BCUT2D eigenvalue weighted by atomic mass is 19.1. The van der Waals surface area contributed by atoms with Gasteiger partial charge >= 0.3 is 5.97 Å². The number of aromatic nitrogens is 2. The highest BCUT2D eigenvalue weighted by Gasteiger charge is 2.41. The van der Waals surface area contributed by atoms with Gasteiger partial charge in [0, 0.05) is 24.0 Å². The number of benzene rings is 1. The molecule has 4 heterocycles. The Labute approximate surface area is 194 Å². The fourth-order valence-electron chi connectivity index (χ4n) is 5.02. The molecule has 2 aliphatic heterocycles. The lowest BCUT2D eigenvalue weighted by molar-refractivity contribution is -0.145. The zero-order valence-electron chi connectivity index (χ0n) is 18.4. The van der Waals surface area contributed by atoms with Gasteiger partial charge in [-0.3, -0.25) is 4.79 Å². The van der Waals surface area contributed by atoms with Crippen molar-refractivity contribution >= 4 is 23.1 Å². The van der Waals surface area contributed by atoms with Crippen LogP contribution >= 0.6 is 0 Å². The summed E-state index contributed by atoms with van der Waals surface area (Å²) in [4.78, 5) is 27.1. The van der Waals surface area contributed by atoms with Crippen LogP contribution in [0.15, 0.2) is 42.7 Å². The second kappa shape index (κ2) is 8.68. The molecule has 0 radical (unpaired) electrons. The number of hydrogen-bond donors (Lipinski definition) is 3. The molecule has 1 amide bonds. The fourth-order valence-corrected chi connectivity index (χ4v) is 5.02. The van der Waals surface area contributed by atoms with Crippen molar-refractivity contribution in [2.45, 2.75) is 37.3 Å². The van der Waals surface area contributed by atoms with Gasteiger partial charge < -0.3 is 20.6 Å². The molecule has 2 aromatic heterocycles. The zero-order chi connectivity index (χ0) is 23.9. The molecular weight excluding hydrogens is 444 g/mol. The molecule has 0 saturated carbocycles. The summed E-state index contributed by atoms with van der Waals surface area (Å²) >= 11 is 0. The van der Waals surface area contributed by atoms with Crippen molar-refractivity contribution < 1.29 is 23.5 Å². The van der Waals surface area contributed by atoms with Crippen molar-refractivity contribution in [1.29, 1.82) is 0 Å². The molecule has 8 nitrogen and oxygen atoms in total. The summed E-state index contributed by atoms with van der Waals surface area (Å²) in [6.45, 7) is 1.65. The second-order valence-corrected chi connectivity index (χ2v) is 8.88. The van der Waals surface area contributed by atoms with Gasteiger partial charge in [0.25, 0.3) is 5.91 Å². The van der Waals surface area contributed by atoms with Crippen LogP contribution in [0.2, 0.25) is 0 Å². The summed E-state index contributed by atoms with van der Waals surface area (Å²) in [5.74, 6) is -2.51. The number of amides is 1. The summed E-state index contributed by atoms with van der Waals surface area (Å²) in [6, 6.07) is 6.76. The highest BCUT2D eigenvalue weighted by molar-refractivity contribution is 6.03. The van der Waals surface area contributed by atoms with Crippen LogP contribution in [0.25, 0.3) is 5.52 Å². The van der Waals surface area contributed by atoms with E-state index >= 15 is 0 Å². The number of aliphatic carboxylic acids is 1. The quantitative estimate of drug-likeness (QED) is 0.532. The monoisotopic (exact) mass is 469 g/mol. The van der Waals surface area contributed by atoms with E-state index < -0.39 is 29.0 Å². The maximum atomic E-state index is 14.5. The van der Waals surface area contributed by atoms with Crippen molar-refractivity contribution in [3.8, 4) is 0 Å². The predicted molar refractivity (Wildman–Crippen MR) is 121 cm³/mol. The first-order chi connectivity index (χ1) is 16.4. The molecule has 34 heavy (non-hydrogen) atoms. The first-order valence-electron chi connectivity index (χ1n) is 11.3. The van der Waals surface area contributed by atoms with E-state index in [0.29, 0.717) is 37.1 Å². The Bertz CT molecular complexity index is 1250. The van der Waals surface area contributed by atoms with Crippen molar-refractivity contribution in [3.05, 3.63) is 65.5 Å². The Morgan fingerprint density at radius 2 is 1.97 bits per heavy atom. The number of anilines is 1. The van der Waals surface area contributed by atoms with Crippen LogP contribution in [-0.4, -0.2) is 51.8 Å². The summed E-state index contributed by atoms with van der Waals surface area (Å²) in [6.07, 6.45) is 5.18. The molecule has 1 aromatic carbocycles. The lowest BCUT2D eigenvalue weighted by Gasteiger charge is -2.34. The molecule has 3 N–H and O–H groups in total. The molecule has 178 valence electrons. The number of nitrogens with one attached hydrogen (secondary N) is 2. The molecular formula is C24H25F2N5O3. The number of carbonyl (C=O) groups excluding carboxylic acids is 1. The van der Waals surface area contributed by atoms with E-state index in [0.717, 1.165) is 24.2 Å². The standard InChI is InChI=1S/C24H25F2N5O3/c25-15-3-4-19(26)17(12-15)20-2-1-10-30(20)16-5-11-31-21(13-16)18(14-28-31)22(32)29-24(23(33)34)6-8-27-9-7-24/h3-5,11-14,20,27H,1-2,6-10H2,(H,29,32)(H,33,34)/t20-/m1/s1. The summed E-state index contributed by atoms with van der Waals surface area (Å²) in [5, 5.41) is 19.9. The third-order valence-corrected chi connectivity index (χ3v) is 6.87. The van der Waals surface area contributed by atoms with Crippen LogP contribution in [0.1, 0.15) is 47.6 Å². The lowest BCUT2D eigenvalue weighted by atomic mass is 9.88. The number of hydrogen-bond acceptors (Lipinski definition) is 5. The van der Waals surface area contributed by atoms with E-state index in [2.05, 4.69) is 15.7 Å². The van der Waals surface area contributed by atoms with Crippen molar-refractivity contribution in [1.82, 2.24) is 20.2 Å². The molecule has 0 bridgehead atoms. The molecule has 3 aromatic rings. The van der Waals surface area contributed by atoms with Gasteiger partial charge in [-0.25, -0.2) is 18.1 Å². The second-order valence-electron chi connectivity index (χ2n) is 8.88. The van der Waals surface area contributed by atoms with Gasteiger partial charge in [-0.2, -0.15) is 5.10 Å². The molecule has 2 saturated heterocycles. The Morgan fingerprint density at radius 3 is 2.74 bits per heavy atom. The van der Waals surface area contributed by atoms with Crippen LogP contribution < -0.4 is 15.5 Å². The maximum absolute atomic E-state index is 14.5. The van der Waals surface area contributed by atoms with Crippen LogP contribution in [0, 0.1) is 11.6 Å². The number of rotatable bonds is 5. The number of carboxylic acid groups (broad SMARTS) is 1. The number of piperidine rings is 1. The van der Waals surface area contributed by atoms with E-state index in [4.69, 9.17) is 0 Å². The number of pyridine rings is 1. The van der Waals surface area contributed by atoms with Crippen LogP contribution in [0.3, 0.4) is 0 Å². The first kappa shape index (κ1) is 22.3. The van der Waals surface area contributed by atoms with Crippen LogP contribution in [-0.2, 0) is 4.79 Å². The largest absolute Gasteiger partial charge is 0.480 e. The molecule has 0 spiro atoms. The van der Waals surface area contributed by atoms with E-state index in [9.17, 15) is 23.5 Å². The topological polar surface area (TPSA) is 99.0 Å². The molecule has 10 heteroatoms. The molecule has 2 fully saturated rings. The summed E-state index contributed by atoms with van der Waals surface area (Å²) in [5.41, 5.74) is 0.494. The SMILES string of the molecule is O=C(NC1(C(=O)O)CCNCC1)c1cnn2ccc(N3CCC[C@@H]3c3cc(F)ccc3F)cc12.